The molecule has 0 unspecified atom stereocenters. The highest BCUT2D eigenvalue weighted by atomic mass is 19.1. The number of hydrogen-bond acceptors (Lipinski definition) is 2. The van der Waals surface area contributed by atoms with Crippen LogP contribution in [0.2, 0.25) is 0 Å². The van der Waals surface area contributed by atoms with Gasteiger partial charge in [0.05, 0.1) is 12.7 Å². The Morgan fingerprint density at radius 2 is 2.14 bits per heavy atom. The second-order valence-electron chi connectivity index (χ2n) is 3.39. The van der Waals surface area contributed by atoms with Crippen LogP contribution >= 0.6 is 0 Å². The number of methoxy groups -OCH3 is 1. The minimum Gasteiger partial charge on any atom is -0.493 e. The molecule has 14 heavy (non-hydrogen) atoms. The zero-order valence-electron chi connectivity index (χ0n) is 7.97. The van der Waals surface area contributed by atoms with Crippen molar-refractivity contribution in [3.05, 3.63) is 29.1 Å². The second-order valence-corrected chi connectivity index (χ2v) is 3.39. The first-order valence-corrected chi connectivity index (χ1v) is 4.62. The van der Waals surface area contributed by atoms with Crippen molar-refractivity contribution < 1.29 is 13.9 Å². The van der Waals surface area contributed by atoms with E-state index >= 15 is 0 Å². The number of fused-ring (bicyclic) bond motifs is 1. The minimum absolute atomic E-state index is 0.0115. The first kappa shape index (κ1) is 9.19. The number of ketones is 1. The van der Waals surface area contributed by atoms with Crippen LogP contribution in [0.15, 0.2) is 12.1 Å². The lowest BCUT2D eigenvalue weighted by atomic mass is 9.90. The number of ether oxygens (including phenoxy) is 1. The lowest BCUT2D eigenvalue weighted by Crippen LogP contribution is -2.13. The summed E-state index contributed by atoms with van der Waals surface area (Å²) >= 11 is 0. The quantitative estimate of drug-likeness (QED) is 0.686. The molecule has 0 fully saturated rings. The average molecular weight is 194 g/mol. The number of rotatable bonds is 1. The molecular weight excluding hydrogens is 183 g/mol. The predicted octanol–water partition coefficient (Wildman–Crippen LogP) is 2.35. The largest absolute Gasteiger partial charge is 0.493 e. The Labute approximate surface area is 81.7 Å². The van der Waals surface area contributed by atoms with E-state index in [1.165, 1.54) is 13.2 Å². The standard InChI is InChI=1S/C11H11FO2/c1-14-11-8(12)6-5-7-3-2-4-9(13)10(7)11/h5-6H,2-4H2,1H3. The topological polar surface area (TPSA) is 26.3 Å². The lowest BCUT2D eigenvalue weighted by molar-refractivity contribution is 0.0968. The van der Waals surface area contributed by atoms with Crippen LogP contribution < -0.4 is 4.74 Å². The summed E-state index contributed by atoms with van der Waals surface area (Å²) in [5, 5.41) is 0. The molecule has 0 aromatic heterocycles. The fourth-order valence-corrected chi connectivity index (χ4v) is 1.88. The van der Waals surface area contributed by atoms with Gasteiger partial charge in [0.25, 0.3) is 0 Å². The first-order chi connectivity index (χ1) is 6.74. The molecule has 1 aliphatic carbocycles. The Hall–Kier alpha value is -1.38. The highest BCUT2D eigenvalue weighted by Crippen LogP contribution is 2.31. The van der Waals surface area contributed by atoms with Gasteiger partial charge in [-0.15, -0.1) is 0 Å². The monoisotopic (exact) mass is 194 g/mol. The summed E-state index contributed by atoms with van der Waals surface area (Å²) in [4.78, 5) is 11.6. The van der Waals surface area contributed by atoms with E-state index in [9.17, 15) is 9.18 Å². The van der Waals surface area contributed by atoms with Crippen molar-refractivity contribution in [2.75, 3.05) is 7.11 Å². The maximum Gasteiger partial charge on any atom is 0.167 e. The zero-order valence-corrected chi connectivity index (χ0v) is 7.97. The summed E-state index contributed by atoms with van der Waals surface area (Å²) in [5.41, 5.74) is 1.35. The van der Waals surface area contributed by atoms with Crippen molar-refractivity contribution in [2.45, 2.75) is 19.3 Å². The number of Topliss-reactive ketones (excluding diaryl/α,β-unsaturated/α-hetero) is 1. The molecule has 1 aliphatic rings. The molecule has 2 rings (SSSR count). The molecule has 74 valence electrons. The van der Waals surface area contributed by atoms with Crippen LogP contribution in [0.3, 0.4) is 0 Å². The van der Waals surface area contributed by atoms with Crippen LogP contribution in [0, 0.1) is 5.82 Å². The summed E-state index contributed by atoms with van der Waals surface area (Å²) in [6.45, 7) is 0. The summed E-state index contributed by atoms with van der Waals surface area (Å²) in [6, 6.07) is 3.03. The summed E-state index contributed by atoms with van der Waals surface area (Å²) in [5.74, 6) is -0.365. The van der Waals surface area contributed by atoms with E-state index in [0.717, 1.165) is 18.4 Å². The van der Waals surface area contributed by atoms with Gasteiger partial charge in [-0.2, -0.15) is 0 Å². The van der Waals surface area contributed by atoms with Gasteiger partial charge in [0, 0.05) is 6.42 Å². The van der Waals surface area contributed by atoms with Crippen molar-refractivity contribution in [1.29, 1.82) is 0 Å². The molecule has 1 aromatic rings. The highest BCUT2D eigenvalue weighted by molar-refractivity contribution is 6.01. The average Bonchev–Trinajstić information content (AvgIpc) is 2.19. The van der Waals surface area contributed by atoms with Crippen molar-refractivity contribution in [1.82, 2.24) is 0 Å². The smallest absolute Gasteiger partial charge is 0.167 e. The first-order valence-electron chi connectivity index (χ1n) is 4.62. The van der Waals surface area contributed by atoms with E-state index in [1.54, 1.807) is 6.07 Å². The van der Waals surface area contributed by atoms with Crippen LogP contribution in [-0.4, -0.2) is 12.9 Å². The summed E-state index contributed by atoms with van der Waals surface area (Å²) in [7, 11) is 1.39. The number of aryl methyl sites for hydroxylation is 1. The predicted molar refractivity (Wildman–Crippen MR) is 50.2 cm³/mol. The highest BCUT2D eigenvalue weighted by Gasteiger charge is 2.23. The van der Waals surface area contributed by atoms with Crippen LogP contribution in [0.4, 0.5) is 4.39 Å². The number of halogens is 1. The molecule has 1 aromatic carbocycles. The van der Waals surface area contributed by atoms with Crippen LogP contribution in [0.1, 0.15) is 28.8 Å². The Morgan fingerprint density at radius 1 is 1.36 bits per heavy atom. The number of carbonyl (C=O) groups is 1. The third-order valence-electron chi connectivity index (χ3n) is 2.53. The second kappa shape index (κ2) is 3.40. The van der Waals surface area contributed by atoms with E-state index in [0.29, 0.717) is 12.0 Å². The molecular formula is C11H11FO2. The van der Waals surface area contributed by atoms with Crippen molar-refractivity contribution >= 4 is 5.78 Å². The van der Waals surface area contributed by atoms with E-state index in [2.05, 4.69) is 0 Å². The molecule has 2 nitrogen and oxygen atoms in total. The van der Waals surface area contributed by atoms with Crippen LogP contribution in [0.5, 0.6) is 5.75 Å². The van der Waals surface area contributed by atoms with Gasteiger partial charge in [-0.25, -0.2) is 4.39 Å². The number of carbonyl (C=O) groups excluding carboxylic acids is 1. The molecule has 0 heterocycles. The normalized spacial score (nSPS) is 15.1. The van der Waals surface area contributed by atoms with Gasteiger partial charge in [0.2, 0.25) is 0 Å². The molecule has 0 atom stereocenters. The fourth-order valence-electron chi connectivity index (χ4n) is 1.88. The molecule has 0 spiro atoms. The van der Waals surface area contributed by atoms with Gasteiger partial charge in [-0.3, -0.25) is 4.79 Å². The Balaban J connectivity index is 2.63. The Kier molecular flexibility index (Phi) is 2.23. The Morgan fingerprint density at radius 3 is 2.86 bits per heavy atom. The number of hydrogen-bond donors (Lipinski definition) is 0. The van der Waals surface area contributed by atoms with Crippen molar-refractivity contribution in [2.24, 2.45) is 0 Å². The van der Waals surface area contributed by atoms with E-state index in [1.807, 2.05) is 0 Å². The summed E-state index contributed by atoms with van der Waals surface area (Å²) in [6.07, 6.45) is 2.17. The number of benzene rings is 1. The van der Waals surface area contributed by atoms with E-state index in [-0.39, 0.29) is 11.5 Å². The van der Waals surface area contributed by atoms with Gasteiger partial charge in [-0.05, 0) is 24.5 Å². The van der Waals surface area contributed by atoms with Crippen molar-refractivity contribution in [3.8, 4) is 5.75 Å². The van der Waals surface area contributed by atoms with E-state index < -0.39 is 5.82 Å². The molecule has 0 aliphatic heterocycles. The molecule has 3 heteroatoms. The van der Waals surface area contributed by atoms with Gasteiger partial charge in [0.15, 0.2) is 17.3 Å². The van der Waals surface area contributed by atoms with Crippen molar-refractivity contribution in [3.63, 3.8) is 0 Å². The van der Waals surface area contributed by atoms with Gasteiger partial charge in [0.1, 0.15) is 0 Å². The molecule has 0 saturated carbocycles. The molecule has 0 saturated heterocycles. The molecule has 0 N–H and O–H groups in total. The molecule has 0 amide bonds. The maximum absolute atomic E-state index is 13.3. The van der Waals surface area contributed by atoms with Gasteiger partial charge in [-0.1, -0.05) is 6.07 Å². The third kappa shape index (κ3) is 1.29. The maximum atomic E-state index is 13.3. The Bertz CT molecular complexity index is 385. The summed E-state index contributed by atoms with van der Waals surface area (Å²) < 4.78 is 18.2. The fraction of sp³-hybridized carbons (Fsp3) is 0.364. The molecule has 0 radical (unpaired) electrons. The van der Waals surface area contributed by atoms with Crippen LogP contribution in [-0.2, 0) is 6.42 Å². The zero-order chi connectivity index (χ0) is 10.1. The van der Waals surface area contributed by atoms with E-state index in [4.69, 9.17) is 4.74 Å². The third-order valence-corrected chi connectivity index (χ3v) is 2.53. The van der Waals surface area contributed by atoms with Gasteiger partial charge >= 0.3 is 0 Å². The molecule has 0 bridgehead atoms. The minimum atomic E-state index is -0.457. The van der Waals surface area contributed by atoms with Crippen LogP contribution in [0.25, 0.3) is 0 Å². The SMILES string of the molecule is COc1c(F)ccc2c1C(=O)CCC2. The van der Waals surface area contributed by atoms with Gasteiger partial charge < -0.3 is 4.74 Å². The lowest BCUT2D eigenvalue weighted by Gasteiger charge is -2.17.